The fourth-order valence-corrected chi connectivity index (χ4v) is 3.33. The molecule has 3 rings (SSSR count). The van der Waals surface area contributed by atoms with E-state index in [9.17, 15) is 18.4 Å². The zero-order valence-corrected chi connectivity index (χ0v) is 23.2. The van der Waals surface area contributed by atoms with Crippen molar-refractivity contribution in [2.24, 2.45) is 10.7 Å². The highest BCUT2D eigenvalue weighted by molar-refractivity contribution is 5.99. The second-order valence-corrected chi connectivity index (χ2v) is 9.74. The van der Waals surface area contributed by atoms with Gasteiger partial charge >= 0.3 is 6.10 Å². The van der Waals surface area contributed by atoms with Gasteiger partial charge in [0.25, 0.3) is 5.91 Å². The summed E-state index contributed by atoms with van der Waals surface area (Å²) in [6.45, 7) is 9.45. The molecule has 0 atom stereocenters. The average molecular weight is 574 g/mol. The van der Waals surface area contributed by atoms with E-state index in [4.69, 9.17) is 25.8 Å². The van der Waals surface area contributed by atoms with Crippen LogP contribution in [0.5, 0.6) is 11.5 Å². The molecule has 0 bridgehead atoms. The number of carbonyl (C=O) groups is 2. The maximum absolute atomic E-state index is 14.5. The molecule has 41 heavy (non-hydrogen) atoms. The number of aliphatic imine (C=N–C) groups is 1. The molecule has 0 unspecified atom stereocenters. The van der Waals surface area contributed by atoms with Gasteiger partial charge < -0.3 is 31.1 Å². The van der Waals surface area contributed by atoms with E-state index in [1.165, 1.54) is 36.1 Å². The molecule has 1 aromatic heterocycles. The van der Waals surface area contributed by atoms with E-state index in [0.29, 0.717) is 24.1 Å². The standard InChI is InChI=1S/C20H18F2N2O5.C8H15N3O/c1-3-11-6-10(2)18(15(22)7-11)29-17-4-5-23-16-9-14(21)12(8-13(16)17)19(25)24-20(26,27)28;1-8(2,3)11-5-7(4-9)10-6-12/h4-9,26-28H,3H2,1-2H3,(H,24,25);4-6H,9H2,1-3H3,(H,10,12)/b;7-4+,11-5?. The number of benzene rings is 2. The van der Waals surface area contributed by atoms with E-state index in [1.807, 2.05) is 27.7 Å². The molecule has 2 aromatic carbocycles. The van der Waals surface area contributed by atoms with E-state index >= 15 is 0 Å². The first kappa shape index (κ1) is 32.8. The molecule has 0 aliphatic heterocycles. The minimum Gasteiger partial charge on any atom is -0.453 e. The smallest absolute Gasteiger partial charge is 0.369 e. The number of aromatic nitrogens is 1. The van der Waals surface area contributed by atoms with Crippen molar-refractivity contribution < 1.29 is 38.4 Å². The Labute approximate surface area is 235 Å². The molecule has 1 heterocycles. The van der Waals surface area contributed by atoms with Crippen molar-refractivity contribution in [1.82, 2.24) is 15.6 Å². The number of pyridine rings is 1. The minimum absolute atomic E-state index is 0.0230. The first-order chi connectivity index (χ1) is 19.1. The SMILES string of the molecule is CC(C)(C)N=C/C(=C\N)NC=O.CCc1cc(C)c(Oc2ccnc3cc(F)c(C(=O)NC(O)(O)O)cc23)c(F)c1. The molecule has 0 spiro atoms. The van der Waals surface area contributed by atoms with E-state index in [-0.39, 0.29) is 27.9 Å². The lowest BCUT2D eigenvalue weighted by Crippen LogP contribution is -2.48. The molecule has 7 N–H and O–H groups in total. The topological polar surface area (TPSA) is 179 Å². The highest BCUT2D eigenvalue weighted by Crippen LogP contribution is 2.34. The predicted molar refractivity (Wildman–Crippen MR) is 149 cm³/mol. The Morgan fingerprint density at radius 2 is 1.83 bits per heavy atom. The second-order valence-electron chi connectivity index (χ2n) is 9.74. The summed E-state index contributed by atoms with van der Waals surface area (Å²) < 4.78 is 34.5. The molecular weight excluding hydrogens is 540 g/mol. The fourth-order valence-electron chi connectivity index (χ4n) is 3.33. The number of nitrogens with one attached hydrogen (secondary N) is 2. The van der Waals surface area contributed by atoms with Crippen molar-refractivity contribution in [3.63, 3.8) is 0 Å². The lowest BCUT2D eigenvalue weighted by atomic mass is 10.1. The van der Waals surface area contributed by atoms with Crippen molar-refractivity contribution in [2.45, 2.75) is 52.7 Å². The summed E-state index contributed by atoms with van der Waals surface area (Å²) >= 11 is 0. The Hall–Kier alpha value is -4.46. The Bertz CT molecular complexity index is 1440. The van der Waals surface area contributed by atoms with E-state index < -0.39 is 29.2 Å². The third-order valence-electron chi connectivity index (χ3n) is 5.22. The van der Waals surface area contributed by atoms with Crippen LogP contribution in [-0.4, -0.2) is 50.5 Å². The van der Waals surface area contributed by atoms with Gasteiger partial charge in [-0.3, -0.25) is 24.9 Å². The van der Waals surface area contributed by atoms with Crippen LogP contribution in [0.1, 0.15) is 49.2 Å². The van der Waals surface area contributed by atoms with Gasteiger partial charge in [-0.15, -0.1) is 0 Å². The molecule has 0 radical (unpaired) electrons. The summed E-state index contributed by atoms with van der Waals surface area (Å²) in [6, 6.07) is 6.55. The average Bonchev–Trinajstić information content (AvgIpc) is 2.86. The highest BCUT2D eigenvalue weighted by Gasteiger charge is 2.25. The third-order valence-corrected chi connectivity index (χ3v) is 5.22. The number of allylic oxidation sites excluding steroid dienone is 1. The predicted octanol–water partition coefficient (Wildman–Crippen LogP) is 2.90. The maximum Gasteiger partial charge on any atom is 0.369 e. The van der Waals surface area contributed by atoms with Gasteiger partial charge in [0.05, 0.1) is 22.3 Å². The first-order valence-corrected chi connectivity index (χ1v) is 12.3. The lowest BCUT2D eigenvalue weighted by molar-refractivity contribution is -0.323. The largest absolute Gasteiger partial charge is 0.453 e. The lowest BCUT2D eigenvalue weighted by Gasteiger charge is -2.16. The van der Waals surface area contributed by atoms with Crippen molar-refractivity contribution in [1.29, 1.82) is 0 Å². The number of rotatable bonds is 8. The maximum atomic E-state index is 14.5. The summed E-state index contributed by atoms with van der Waals surface area (Å²) in [7, 11) is 0. The van der Waals surface area contributed by atoms with Crippen LogP contribution in [0.15, 0.2) is 53.4 Å². The van der Waals surface area contributed by atoms with Crippen molar-refractivity contribution in [3.8, 4) is 11.5 Å². The van der Waals surface area contributed by atoms with Crippen LogP contribution in [-0.2, 0) is 11.2 Å². The number of carbonyl (C=O) groups excluding carboxylic acids is 2. The van der Waals surface area contributed by atoms with Crippen LogP contribution in [0.25, 0.3) is 10.9 Å². The normalized spacial score (nSPS) is 12.1. The molecule has 220 valence electrons. The number of halogens is 2. The van der Waals surface area contributed by atoms with Crippen molar-refractivity contribution >= 4 is 29.4 Å². The Morgan fingerprint density at radius 3 is 2.37 bits per heavy atom. The zero-order valence-electron chi connectivity index (χ0n) is 23.2. The molecule has 0 saturated carbocycles. The van der Waals surface area contributed by atoms with Crippen LogP contribution < -0.4 is 21.1 Å². The van der Waals surface area contributed by atoms with Crippen LogP contribution in [0.3, 0.4) is 0 Å². The van der Waals surface area contributed by atoms with E-state index in [0.717, 1.165) is 17.7 Å². The summed E-state index contributed by atoms with van der Waals surface area (Å²) in [5, 5.41) is 30.7. The highest BCUT2D eigenvalue weighted by atomic mass is 19.1. The summed E-state index contributed by atoms with van der Waals surface area (Å²) in [6.07, 6.45) is 1.86. The van der Waals surface area contributed by atoms with Gasteiger partial charge in [0, 0.05) is 30.1 Å². The summed E-state index contributed by atoms with van der Waals surface area (Å²) in [5.74, 6) is -2.79. The Kier molecular flexibility index (Phi) is 11.0. The minimum atomic E-state index is -3.52. The molecule has 2 amide bonds. The molecule has 13 heteroatoms. The quantitative estimate of drug-likeness (QED) is 0.135. The number of aryl methyl sites for hydroxylation is 2. The van der Waals surface area contributed by atoms with Crippen molar-refractivity contribution in [2.75, 3.05) is 0 Å². The van der Waals surface area contributed by atoms with Crippen LogP contribution >= 0.6 is 0 Å². The van der Waals surface area contributed by atoms with Gasteiger partial charge in [-0.2, -0.15) is 0 Å². The van der Waals surface area contributed by atoms with Gasteiger partial charge in [0.15, 0.2) is 11.6 Å². The number of nitrogens with two attached hydrogens (primary N) is 1. The monoisotopic (exact) mass is 573 g/mol. The molecule has 3 aromatic rings. The number of ether oxygens (including phenoxy) is 1. The van der Waals surface area contributed by atoms with Gasteiger partial charge in [-0.05, 0) is 63.4 Å². The second kappa shape index (κ2) is 13.7. The number of amides is 2. The van der Waals surface area contributed by atoms with Crippen LogP contribution in [0.4, 0.5) is 8.78 Å². The molecule has 11 nitrogen and oxygen atoms in total. The molecule has 0 fully saturated rings. The number of hydrogen-bond donors (Lipinski definition) is 6. The number of nitrogens with zero attached hydrogens (tertiary/aromatic N) is 2. The number of aliphatic hydroxyl groups is 3. The van der Waals surface area contributed by atoms with Crippen LogP contribution in [0, 0.1) is 18.6 Å². The molecule has 0 aliphatic carbocycles. The van der Waals surface area contributed by atoms with Gasteiger partial charge in [0.1, 0.15) is 11.6 Å². The van der Waals surface area contributed by atoms with Gasteiger partial charge in [0.2, 0.25) is 6.41 Å². The number of fused-ring (bicyclic) bond motifs is 1. The molecule has 0 aliphatic rings. The fraction of sp³-hybridized carbons (Fsp3) is 0.286. The van der Waals surface area contributed by atoms with Crippen molar-refractivity contribution in [3.05, 3.63) is 76.8 Å². The van der Waals surface area contributed by atoms with E-state index in [1.54, 1.807) is 13.0 Å². The Morgan fingerprint density at radius 1 is 1.15 bits per heavy atom. The Balaban J connectivity index is 0.000000415. The number of hydrogen-bond acceptors (Lipinski definition) is 9. The first-order valence-electron chi connectivity index (χ1n) is 12.3. The zero-order chi connectivity index (χ0) is 31.0. The van der Waals surface area contributed by atoms with Gasteiger partial charge in [-0.1, -0.05) is 13.0 Å². The third kappa shape index (κ3) is 9.90. The molecular formula is C28H33F2N5O6. The molecule has 0 saturated heterocycles. The summed E-state index contributed by atoms with van der Waals surface area (Å²) in [5.41, 5.74) is 6.44. The summed E-state index contributed by atoms with van der Waals surface area (Å²) in [4.78, 5) is 30.2. The van der Waals surface area contributed by atoms with Crippen LogP contribution in [0.2, 0.25) is 0 Å². The van der Waals surface area contributed by atoms with Gasteiger partial charge in [-0.25, -0.2) is 8.78 Å². The van der Waals surface area contributed by atoms with E-state index in [2.05, 4.69) is 15.3 Å².